The third-order valence-electron chi connectivity index (χ3n) is 2.74. The molecule has 0 saturated heterocycles. The lowest BCUT2D eigenvalue weighted by Crippen LogP contribution is -2.30. The van der Waals surface area contributed by atoms with Crippen molar-refractivity contribution in [2.75, 3.05) is 25.9 Å². The van der Waals surface area contributed by atoms with Crippen LogP contribution in [0.15, 0.2) is 18.2 Å². The highest BCUT2D eigenvalue weighted by atomic mass is 16.5. The zero-order chi connectivity index (χ0) is 14.4. The van der Waals surface area contributed by atoms with Crippen LogP contribution in [0.2, 0.25) is 0 Å². The van der Waals surface area contributed by atoms with Crippen LogP contribution in [0.4, 0.5) is 5.69 Å². The minimum atomic E-state index is -0.306. The molecule has 1 rings (SSSR count). The highest BCUT2D eigenvalue weighted by Gasteiger charge is 2.16. The number of ether oxygens (including phenoxy) is 1. The fourth-order valence-corrected chi connectivity index (χ4v) is 1.65. The van der Waals surface area contributed by atoms with Crippen molar-refractivity contribution in [2.45, 2.75) is 20.3 Å². The lowest BCUT2D eigenvalue weighted by atomic mass is 10.1. The van der Waals surface area contributed by atoms with Crippen LogP contribution in [0.25, 0.3) is 0 Å². The Kier molecular flexibility index (Phi) is 5.36. The van der Waals surface area contributed by atoms with Gasteiger partial charge in [-0.25, -0.2) is 0 Å². The van der Waals surface area contributed by atoms with Crippen LogP contribution in [-0.2, 0) is 9.53 Å². The molecule has 1 aromatic rings. The molecule has 0 spiro atoms. The number of nitrogens with zero attached hydrogens (tertiary/aromatic N) is 1. The molecule has 0 aliphatic carbocycles. The molecule has 1 amide bonds. The third-order valence-corrected chi connectivity index (χ3v) is 2.74. The van der Waals surface area contributed by atoms with Gasteiger partial charge in [-0.05, 0) is 26.0 Å². The Morgan fingerprint density at radius 2 is 2.05 bits per heavy atom. The molecular weight excluding hydrogens is 244 g/mol. The number of benzene rings is 1. The Morgan fingerprint density at radius 3 is 2.68 bits per heavy atom. The van der Waals surface area contributed by atoms with Gasteiger partial charge in [0.05, 0.1) is 18.6 Å². The Labute approximate surface area is 113 Å². The van der Waals surface area contributed by atoms with Crippen molar-refractivity contribution in [2.24, 2.45) is 0 Å². The zero-order valence-corrected chi connectivity index (χ0v) is 11.6. The summed E-state index contributed by atoms with van der Waals surface area (Å²) in [5, 5.41) is 0. The van der Waals surface area contributed by atoms with E-state index in [9.17, 15) is 9.59 Å². The smallest absolute Gasteiger partial charge is 0.307 e. The average Bonchev–Trinajstić information content (AvgIpc) is 2.38. The topological polar surface area (TPSA) is 72.6 Å². The van der Waals surface area contributed by atoms with Crippen molar-refractivity contribution in [3.63, 3.8) is 0 Å². The number of aryl methyl sites for hydroxylation is 1. The van der Waals surface area contributed by atoms with Gasteiger partial charge in [-0.3, -0.25) is 9.59 Å². The van der Waals surface area contributed by atoms with Gasteiger partial charge in [-0.2, -0.15) is 0 Å². The van der Waals surface area contributed by atoms with Gasteiger partial charge in [0.1, 0.15) is 0 Å². The molecule has 19 heavy (non-hydrogen) atoms. The summed E-state index contributed by atoms with van der Waals surface area (Å²) in [5.74, 6) is -0.495. The van der Waals surface area contributed by atoms with Gasteiger partial charge in [0, 0.05) is 19.3 Å². The van der Waals surface area contributed by atoms with E-state index in [0.29, 0.717) is 24.4 Å². The molecule has 0 saturated carbocycles. The normalized spacial score (nSPS) is 10.1. The predicted molar refractivity (Wildman–Crippen MR) is 73.8 cm³/mol. The molecule has 0 radical (unpaired) electrons. The molecule has 1 aromatic carbocycles. The Bertz CT molecular complexity index is 472. The maximum atomic E-state index is 12.2. The lowest BCUT2D eigenvalue weighted by molar-refractivity contribution is -0.143. The van der Waals surface area contributed by atoms with E-state index in [1.54, 1.807) is 26.1 Å². The van der Waals surface area contributed by atoms with Crippen molar-refractivity contribution >= 4 is 17.6 Å². The first-order valence-corrected chi connectivity index (χ1v) is 6.23. The molecule has 0 unspecified atom stereocenters. The Balaban J connectivity index is 2.66. The number of nitrogens with two attached hydrogens (primary N) is 1. The minimum absolute atomic E-state index is 0.182. The SMILES string of the molecule is CCOC(=O)CCN(C)C(=O)c1cc(C)ccc1N. The van der Waals surface area contributed by atoms with E-state index in [4.69, 9.17) is 10.5 Å². The number of nitrogen functional groups attached to an aromatic ring is 1. The fraction of sp³-hybridized carbons (Fsp3) is 0.429. The zero-order valence-electron chi connectivity index (χ0n) is 11.6. The number of rotatable bonds is 5. The molecule has 5 nitrogen and oxygen atoms in total. The van der Waals surface area contributed by atoms with Gasteiger partial charge < -0.3 is 15.4 Å². The van der Waals surface area contributed by atoms with Crippen LogP contribution in [-0.4, -0.2) is 37.0 Å². The fourth-order valence-electron chi connectivity index (χ4n) is 1.65. The molecule has 0 aliphatic rings. The third kappa shape index (κ3) is 4.28. The van der Waals surface area contributed by atoms with E-state index in [-0.39, 0.29) is 18.3 Å². The maximum absolute atomic E-state index is 12.2. The summed E-state index contributed by atoms with van der Waals surface area (Å²) in [4.78, 5) is 24.9. The molecule has 5 heteroatoms. The highest BCUT2D eigenvalue weighted by Crippen LogP contribution is 2.15. The van der Waals surface area contributed by atoms with Crippen LogP contribution < -0.4 is 5.73 Å². The Hall–Kier alpha value is -2.04. The van der Waals surface area contributed by atoms with Gasteiger partial charge in [0.15, 0.2) is 0 Å². The number of hydrogen-bond donors (Lipinski definition) is 1. The summed E-state index contributed by atoms with van der Waals surface area (Å²) in [7, 11) is 1.64. The van der Waals surface area contributed by atoms with Crippen LogP contribution in [0.5, 0.6) is 0 Å². The molecule has 0 fully saturated rings. The number of anilines is 1. The molecular formula is C14H20N2O3. The standard InChI is InChI=1S/C14H20N2O3/c1-4-19-13(17)7-8-16(3)14(18)11-9-10(2)5-6-12(11)15/h5-6,9H,4,7-8,15H2,1-3H3. The molecule has 0 atom stereocenters. The Morgan fingerprint density at radius 1 is 1.37 bits per heavy atom. The number of amides is 1. The van der Waals surface area contributed by atoms with E-state index in [0.717, 1.165) is 5.56 Å². The van der Waals surface area contributed by atoms with Gasteiger partial charge in [0.2, 0.25) is 0 Å². The molecule has 0 heterocycles. The van der Waals surface area contributed by atoms with E-state index in [1.165, 1.54) is 4.90 Å². The van der Waals surface area contributed by atoms with Crippen molar-refractivity contribution in [3.05, 3.63) is 29.3 Å². The quantitative estimate of drug-likeness (QED) is 0.647. The lowest BCUT2D eigenvalue weighted by Gasteiger charge is -2.18. The highest BCUT2D eigenvalue weighted by molar-refractivity contribution is 5.99. The second kappa shape index (κ2) is 6.78. The average molecular weight is 264 g/mol. The van der Waals surface area contributed by atoms with Crippen molar-refractivity contribution in [3.8, 4) is 0 Å². The summed E-state index contributed by atoms with van der Waals surface area (Å²) in [6.45, 7) is 4.31. The van der Waals surface area contributed by atoms with E-state index in [1.807, 2.05) is 13.0 Å². The van der Waals surface area contributed by atoms with Gasteiger partial charge in [-0.15, -0.1) is 0 Å². The summed E-state index contributed by atoms with van der Waals surface area (Å²) in [5.41, 5.74) is 7.67. The maximum Gasteiger partial charge on any atom is 0.307 e. The monoisotopic (exact) mass is 264 g/mol. The van der Waals surface area contributed by atoms with Gasteiger partial charge in [-0.1, -0.05) is 11.6 Å². The van der Waals surface area contributed by atoms with Gasteiger partial charge in [0.25, 0.3) is 5.91 Å². The van der Waals surface area contributed by atoms with E-state index >= 15 is 0 Å². The first-order chi connectivity index (χ1) is 8.95. The van der Waals surface area contributed by atoms with Crippen LogP contribution in [0.1, 0.15) is 29.3 Å². The first kappa shape index (κ1) is 15.0. The van der Waals surface area contributed by atoms with Gasteiger partial charge >= 0.3 is 5.97 Å². The number of carbonyl (C=O) groups excluding carboxylic acids is 2. The summed E-state index contributed by atoms with van der Waals surface area (Å²) < 4.78 is 4.82. The van der Waals surface area contributed by atoms with E-state index in [2.05, 4.69) is 0 Å². The number of carbonyl (C=O) groups is 2. The van der Waals surface area contributed by atoms with Crippen molar-refractivity contribution < 1.29 is 14.3 Å². The number of hydrogen-bond acceptors (Lipinski definition) is 4. The largest absolute Gasteiger partial charge is 0.466 e. The molecule has 0 aliphatic heterocycles. The second-order valence-corrected chi connectivity index (χ2v) is 4.37. The van der Waals surface area contributed by atoms with E-state index < -0.39 is 0 Å². The molecule has 0 bridgehead atoms. The molecule has 0 aromatic heterocycles. The second-order valence-electron chi connectivity index (χ2n) is 4.37. The summed E-state index contributed by atoms with van der Waals surface area (Å²) in [6, 6.07) is 5.31. The summed E-state index contributed by atoms with van der Waals surface area (Å²) >= 11 is 0. The minimum Gasteiger partial charge on any atom is -0.466 e. The van der Waals surface area contributed by atoms with Crippen molar-refractivity contribution in [1.29, 1.82) is 0 Å². The number of esters is 1. The summed E-state index contributed by atoms with van der Waals surface area (Å²) in [6.07, 6.45) is 0.182. The first-order valence-electron chi connectivity index (χ1n) is 6.23. The molecule has 104 valence electrons. The van der Waals surface area contributed by atoms with Crippen LogP contribution in [0.3, 0.4) is 0 Å². The van der Waals surface area contributed by atoms with Crippen molar-refractivity contribution in [1.82, 2.24) is 4.90 Å². The molecule has 2 N–H and O–H groups in total. The predicted octanol–water partition coefficient (Wildman–Crippen LogP) is 1.60. The van der Waals surface area contributed by atoms with Crippen LogP contribution >= 0.6 is 0 Å². The van der Waals surface area contributed by atoms with Crippen LogP contribution in [0, 0.1) is 6.92 Å².